The minimum Gasteiger partial charge on any atom is -0.750 e. The molecule has 0 saturated carbocycles. The van der Waals surface area contributed by atoms with Gasteiger partial charge in [-0.15, -0.1) is 17.0 Å². The summed E-state index contributed by atoms with van der Waals surface area (Å²) in [4.78, 5) is 0. The normalized spacial score (nSPS) is 9.29. The summed E-state index contributed by atoms with van der Waals surface area (Å²) in [5.41, 5.74) is 0. The van der Waals surface area contributed by atoms with Crippen molar-refractivity contribution in [1.82, 2.24) is 20.4 Å². The minimum atomic E-state index is -2.86. The highest BCUT2D eigenvalue weighted by atomic mass is 79.9. The van der Waals surface area contributed by atoms with Gasteiger partial charge in [0.2, 0.25) is 0 Å². The van der Waals surface area contributed by atoms with Crippen LogP contribution in [0.25, 0.3) is 0 Å². The smallest absolute Gasteiger partial charge is 0.0814 e. The van der Waals surface area contributed by atoms with Crippen molar-refractivity contribution in [3.05, 3.63) is 49.1 Å². The van der Waals surface area contributed by atoms with E-state index < -0.39 is 11.4 Å². The fourth-order valence-corrected chi connectivity index (χ4v) is 0.507. The number of rotatable bonds is 0. The van der Waals surface area contributed by atoms with Crippen molar-refractivity contribution >= 4 is 28.3 Å². The fourth-order valence-electron chi connectivity index (χ4n) is 0.507. The molecule has 2 aromatic rings. The van der Waals surface area contributed by atoms with Gasteiger partial charge in [0.25, 0.3) is 0 Å². The lowest BCUT2D eigenvalue weighted by atomic mass is 10.6. The van der Waals surface area contributed by atoms with E-state index in [1.807, 2.05) is 24.3 Å². The van der Waals surface area contributed by atoms with Crippen LogP contribution < -0.4 is 0 Å². The van der Waals surface area contributed by atoms with Crippen LogP contribution in [0.2, 0.25) is 0 Å². The molecule has 0 spiro atoms. The summed E-state index contributed by atoms with van der Waals surface area (Å²) >= 11 is -2.86. The highest BCUT2D eigenvalue weighted by Gasteiger charge is 1.60. The summed E-state index contributed by atoms with van der Waals surface area (Å²) in [6.07, 6.45) is 6.56. The maximum absolute atomic E-state index is 8.56. The van der Waals surface area contributed by atoms with Gasteiger partial charge in [-0.3, -0.25) is 0 Å². The molecule has 0 aliphatic carbocycles. The van der Waals surface area contributed by atoms with E-state index in [4.69, 9.17) is 13.3 Å². The van der Waals surface area contributed by atoms with Crippen molar-refractivity contribution in [3.8, 4) is 0 Å². The van der Waals surface area contributed by atoms with Gasteiger partial charge in [-0.25, -0.2) is 4.21 Å². The number of hydrogen-bond donors (Lipinski definition) is 1. The van der Waals surface area contributed by atoms with Gasteiger partial charge in [-0.2, -0.15) is 20.4 Å². The maximum Gasteiger partial charge on any atom is 0.0814 e. The molecule has 94 valence electrons. The molecule has 0 fully saturated rings. The van der Waals surface area contributed by atoms with E-state index in [9.17, 15) is 0 Å². The topological polar surface area (TPSA) is 112 Å². The summed E-state index contributed by atoms with van der Waals surface area (Å²) in [7, 11) is 0. The molecule has 0 aliphatic rings. The molecule has 0 radical (unpaired) electrons. The Morgan fingerprint density at radius 2 is 1.00 bits per heavy atom. The molecule has 0 aliphatic heterocycles. The van der Waals surface area contributed by atoms with Crippen molar-refractivity contribution in [2.45, 2.75) is 0 Å². The van der Waals surface area contributed by atoms with E-state index in [1.165, 1.54) is 0 Å². The second-order valence-corrected chi connectivity index (χ2v) is 2.48. The molecular weight excluding hydrogens is 312 g/mol. The standard InChI is InChI=1S/2C4H4N2.BrH.H2O3S/c2*1-2-4-6-5-3-1;;1-4(2)3/h2*1-4H;1H;(H2,1,2,3)/p-1. The van der Waals surface area contributed by atoms with E-state index >= 15 is 0 Å². The number of hydrogen-bond acceptors (Lipinski definition) is 6. The lowest BCUT2D eigenvalue weighted by molar-refractivity contribution is 0.436. The van der Waals surface area contributed by atoms with Gasteiger partial charge in [0, 0.05) is 24.8 Å². The van der Waals surface area contributed by atoms with Crippen LogP contribution in [0.3, 0.4) is 0 Å². The third-order valence-electron chi connectivity index (χ3n) is 0.966. The van der Waals surface area contributed by atoms with E-state index in [2.05, 4.69) is 20.4 Å². The second-order valence-electron chi connectivity index (χ2n) is 2.05. The van der Waals surface area contributed by atoms with Crippen LogP contribution in [0.4, 0.5) is 0 Å². The first-order valence-corrected chi connectivity index (χ1v) is 4.98. The van der Waals surface area contributed by atoms with Gasteiger partial charge in [-0.05, 0) is 24.3 Å². The van der Waals surface area contributed by atoms with Gasteiger partial charge >= 0.3 is 0 Å². The van der Waals surface area contributed by atoms with Crippen LogP contribution in [-0.2, 0) is 11.4 Å². The molecule has 0 bridgehead atoms. The number of nitrogens with zero attached hydrogens (tertiary/aromatic N) is 4. The lowest BCUT2D eigenvalue weighted by Gasteiger charge is -1.83. The Morgan fingerprint density at radius 1 is 0.824 bits per heavy atom. The molecule has 2 heterocycles. The first kappa shape index (κ1) is 18.1. The predicted molar refractivity (Wildman–Crippen MR) is 65.9 cm³/mol. The van der Waals surface area contributed by atoms with Crippen molar-refractivity contribution in [2.75, 3.05) is 0 Å². The minimum absolute atomic E-state index is 0. The SMILES string of the molecule is Br.O=S([O-])O.c1ccnnc1.c1ccnnc1. The predicted octanol–water partition coefficient (Wildman–Crippen LogP) is 0.870. The van der Waals surface area contributed by atoms with Crippen molar-refractivity contribution in [3.63, 3.8) is 0 Å². The van der Waals surface area contributed by atoms with Crippen LogP contribution in [-0.4, -0.2) is 33.7 Å². The molecule has 17 heavy (non-hydrogen) atoms. The lowest BCUT2D eigenvalue weighted by Crippen LogP contribution is -1.75. The van der Waals surface area contributed by atoms with Crippen LogP contribution in [0, 0.1) is 0 Å². The first-order valence-electron chi connectivity index (χ1n) is 3.95. The van der Waals surface area contributed by atoms with E-state index in [-0.39, 0.29) is 17.0 Å². The molecule has 9 heteroatoms. The van der Waals surface area contributed by atoms with Crippen molar-refractivity contribution < 1.29 is 13.3 Å². The number of aromatic nitrogens is 4. The molecule has 2 rings (SSSR count). The zero-order valence-corrected chi connectivity index (χ0v) is 11.0. The van der Waals surface area contributed by atoms with E-state index in [0.717, 1.165) is 0 Å². The molecule has 0 aromatic carbocycles. The molecule has 7 nitrogen and oxygen atoms in total. The third-order valence-corrected chi connectivity index (χ3v) is 0.966. The average molecular weight is 322 g/mol. The Labute approximate surface area is 111 Å². The highest BCUT2D eigenvalue weighted by molar-refractivity contribution is 8.93. The summed E-state index contributed by atoms with van der Waals surface area (Å²) in [6, 6.07) is 7.31. The maximum atomic E-state index is 8.56. The number of halogens is 1. The van der Waals surface area contributed by atoms with Crippen molar-refractivity contribution in [2.24, 2.45) is 0 Å². The second kappa shape index (κ2) is 14.7. The Balaban J connectivity index is 0. The molecule has 1 unspecified atom stereocenters. The van der Waals surface area contributed by atoms with E-state index in [1.54, 1.807) is 24.8 Å². The van der Waals surface area contributed by atoms with Gasteiger partial charge in [0.15, 0.2) is 0 Å². The van der Waals surface area contributed by atoms with Gasteiger partial charge in [0.1, 0.15) is 0 Å². The van der Waals surface area contributed by atoms with Gasteiger partial charge in [-0.1, -0.05) is 0 Å². The summed E-state index contributed by atoms with van der Waals surface area (Å²) in [5, 5.41) is 14.1. The third kappa shape index (κ3) is 20.7. The average Bonchev–Trinajstić information content (AvgIpc) is 2.34. The first-order chi connectivity index (χ1) is 7.73. The molecule has 1 atom stereocenters. The van der Waals surface area contributed by atoms with Gasteiger partial charge < -0.3 is 9.11 Å². The van der Waals surface area contributed by atoms with Crippen LogP contribution in [0.5, 0.6) is 0 Å². The quantitative estimate of drug-likeness (QED) is 0.716. The van der Waals surface area contributed by atoms with Crippen LogP contribution >= 0.6 is 17.0 Å². The van der Waals surface area contributed by atoms with Crippen LogP contribution in [0.1, 0.15) is 0 Å². The Hall–Kier alpha value is -1.29. The zero-order valence-electron chi connectivity index (χ0n) is 8.49. The summed E-state index contributed by atoms with van der Waals surface area (Å²) < 4.78 is 24.1. The monoisotopic (exact) mass is 321 g/mol. The molecule has 0 saturated heterocycles. The fraction of sp³-hybridized carbons (Fsp3) is 0. The van der Waals surface area contributed by atoms with Crippen LogP contribution in [0.15, 0.2) is 49.1 Å². The summed E-state index contributed by atoms with van der Waals surface area (Å²) in [5.74, 6) is 0. The van der Waals surface area contributed by atoms with Crippen molar-refractivity contribution in [1.29, 1.82) is 0 Å². The largest absolute Gasteiger partial charge is 0.750 e. The van der Waals surface area contributed by atoms with Gasteiger partial charge in [0.05, 0.1) is 11.4 Å². The molecule has 1 N–H and O–H groups in total. The van der Waals surface area contributed by atoms with E-state index in [0.29, 0.717) is 0 Å². The molecule has 0 amide bonds. The Morgan fingerprint density at radius 3 is 1.06 bits per heavy atom. The zero-order chi connectivity index (χ0) is 12.1. The Bertz CT molecular complexity index is 279. The molecule has 2 aromatic heterocycles. The Kier molecular flexibility index (Phi) is 15.6. The molecular formula is C8H10BrN4O3S-. The highest BCUT2D eigenvalue weighted by Crippen LogP contribution is 1.68. The summed E-state index contributed by atoms with van der Waals surface area (Å²) in [6.45, 7) is 0.